The van der Waals surface area contributed by atoms with Crippen LogP contribution in [-0.2, 0) is 0 Å². The lowest BCUT2D eigenvalue weighted by atomic mass is 10.3. The standard InChI is InChI=1S/C5H7/c1-3-5-4-2/h1-3H,4-5H2. The number of unbranched alkanes of at least 4 members (excludes halogenated alkanes) is 1. The van der Waals surface area contributed by atoms with Crippen molar-refractivity contribution in [3.63, 3.8) is 0 Å². The molecule has 0 atom stereocenters. The number of hydrogen-bond acceptors (Lipinski definition) is 0. The fraction of sp³-hybridized carbons (Fsp3) is 0.400. The lowest BCUT2D eigenvalue weighted by Crippen LogP contribution is -1.53. The van der Waals surface area contributed by atoms with Crippen LogP contribution in [0, 0.1) is 13.5 Å². The molecule has 0 saturated carbocycles. The molecule has 0 nitrogen and oxygen atoms in total. The second-order valence-corrected chi connectivity index (χ2v) is 0.813. The molecule has 0 spiro atoms. The first kappa shape index (κ1) is 4.74. The quantitative estimate of drug-likeness (QED) is 0.458. The van der Waals surface area contributed by atoms with Crippen LogP contribution in [0.1, 0.15) is 12.8 Å². The van der Waals surface area contributed by atoms with Crippen molar-refractivity contribution in [1.82, 2.24) is 0 Å². The lowest BCUT2D eigenvalue weighted by molar-refractivity contribution is 1.05. The first-order valence-corrected chi connectivity index (χ1v) is 1.65. The molecule has 0 aromatic rings. The summed E-state index contributed by atoms with van der Waals surface area (Å²) in [6, 6.07) is 0. The van der Waals surface area contributed by atoms with Gasteiger partial charge in [0.15, 0.2) is 0 Å². The zero-order valence-corrected chi connectivity index (χ0v) is 3.15. The van der Waals surface area contributed by atoms with E-state index in [1.807, 2.05) is 0 Å². The zero-order chi connectivity index (χ0) is 4.12. The van der Waals surface area contributed by atoms with Crippen LogP contribution in [0.25, 0.3) is 0 Å². The molecule has 0 saturated heterocycles. The normalized spacial score (nSPS) is 7.40. The minimum atomic E-state index is 0.663. The average Bonchev–Trinajstić information content (AvgIpc) is 1.41. The first-order valence-electron chi connectivity index (χ1n) is 1.65. The topological polar surface area (TPSA) is 0 Å². The molecule has 0 amide bonds. The van der Waals surface area contributed by atoms with Crippen LogP contribution in [0.15, 0.2) is 6.08 Å². The highest BCUT2D eigenvalue weighted by molar-refractivity contribution is 4.61. The van der Waals surface area contributed by atoms with Crippen molar-refractivity contribution in [1.29, 1.82) is 0 Å². The van der Waals surface area contributed by atoms with Gasteiger partial charge >= 0.3 is 0 Å². The third-order valence-electron chi connectivity index (χ3n) is 0.333. The summed E-state index contributed by atoms with van der Waals surface area (Å²) >= 11 is 0. The lowest BCUT2D eigenvalue weighted by Gasteiger charge is -1.72. The second kappa shape index (κ2) is 3.74. The number of hydrogen-bond donors (Lipinski definition) is 0. The van der Waals surface area contributed by atoms with Crippen LogP contribution >= 0.6 is 0 Å². The minimum Gasteiger partial charge on any atom is -0.0845 e. The van der Waals surface area contributed by atoms with Gasteiger partial charge in [0, 0.05) is 0 Å². The Balaban J connectivity index is 2.40. The Hall–Kier alpha value is -0.260. The van der Waals surface area contributed by atoms with Crippen molar-refractivity contribution in [3.05, 3.63) is 19.6 Å². The minimum absolute atomic E-state index is 0.663. The van der Waals surface area contributed by atoms with E-state index in [9.17, 15) is 0 Å². The van der Waals surface area contributed by atoms with Gasteiger partial charge in [-0.15, -0.1) is 0 Å². The van der Waals surface area contributed by atoms with Crippen LogP contribution < -0.4 is 0 Å². The van der Waals surface area contributed by atoms with E-state index < -0.39 is 0 Å². The van der Waals surface area contributed by atoms with Gasteiger partial charge in [0.25, 0.3) is 0 Å². The molecule has 3 radical (unpaired) electrons. The van der Waals surface area contributed by atoms with Gasteiger partial charge in [-0.1, -0.05) is 12.7 Å². The van der Waals surface area contributed by atoms with Crippen LogP contribution in [0.3, 0.4) is 0 Å². The molecular weight excluding hydrogens is 60.1 g/mol. The third-order valence-corrected chi connectivity index (χ3v) is 0.333. The van der Waals surface area contributed by atoms with Crippen molar-refractivity contribution in [2.75, 3.05) is 0 Å². The van der Waals surface area contributed by atoms with Gasteiger partial charge in [-0.2, -0.15) is 0 Å². The van der Waals surface area contributed by atoms with Crippen molar-refractivity contribution in [2.45, 2.75) is 12.8 Å². The third kappa shape index (κ3) is 3.74. The highest BCUT2D eigenvalue weighted by Crippen LogP contribution is 1.81. The maximum absolute atomic E-state index is 5.03. The molecule has 0 bridgehead atoms. The Morgan fingerprint density at radius 1 is 1.60 bits per heavy atom. The van der Waals surface area contributed by atoms with Gasteiger partial charge in [-0.05, 0) is 19.8 Å². The molecule has 5 heavy (non-hydrogen) atoms. The summed E-state index contributed by atoms with van der Waals surface area (Å²) in [6.45, 7) is 9.96. The summed E-state index contributed by atoms with van der Waals surface area (Å²) in [5, 5.41) is 0. The summed E-state index contributed by atoms with van der Waals surface area (Å²) in [7, 11) is 0. The molecule has 27 valence electrons. The van der Waals surface area contributed by atoms with Crippen molar-refractivity contribution < 1.29 is 0 Å². The molecule has 0 heteroatoms. The maximum atomic E-state index is 5.03. The predicted molar refractivity (Wildman–Crippen MR) is 22.4 cm³/mol. The van der Waals surface area contributed by atoms with E-state index in [4.69, 9.17) is 13.5 Å². The molecule has 0 N–H and O–H groups in total. The number of allylic oxidation sites excluding steroid dienone is 1. The Morgan fingerprint density at radius 3 is 2.20 bits per heavy atom. The highest BCUT2D eigenvalue weighted by atomic mass is 13.7. The molecule has 0 heterocycles. The monoisotopic (exact) mass is 67.1 g/mol. The molecule has 0 aliphatic carbocycles. The molecule has 0 unspecified atom stereocenters. The van der Waals surface area contributed by atoms with E-state index in [1.54, 1.807) is 6.08 Å². The van der Waals surface area contributed by atoms with Gasteiger partial charge in [0.05, 0.1) is 0 Å². The van der Waals surface area contributed by atoms with Crippen LogP contribution in [0.4, 0.5) is 0 Å². The Bertz CT molecular complexity index is 21.2. The Morgan fingerprint density at radius 2 is 2.20 bits per heavy atom. The van der Waals surface area contributed by atoms with E-state index in [2.05, 4.69) is 0 Å². The molecular formula is C5H7. The molecule has 0 fully saturated rings. The van der Waals surface area contributed by atoms with E-state index in [1.165, 1.54) is 0 Å². The van der Waals surface area contributed by atoms with Gasteiger partial charge in [-0.25, -0.2) is 0 Å². The van der Waals surface area contributed by atoms with Gasteiger partial charge < -0.3 is 0 Å². The summed E-state index contributed by atoms with van der Waals surface area (Å²) in [5.74, 6) is 0. The molecule has 0 rings (SSSR count). The SMILES string of the molecule is [CH]CCC=[CH]. The van der Waals surface area contributed by atoms with Crippen molar-refractivity contribution >= 4 is 0 Å². The van der Waals surface area contributed by atoms with E-state index in [0.29, 0.717) is 6.42 Å². The maximum Gasteiger partial charge on any atom is -0.0345 e. The van der Waals surface area contributed by atoms with Gasteiger partial charge in [0.1, 0.15) is 0 Å². The second-order valence-electron chi connectivity index (χ2n) is 0.813. The van der Waals surface area contributed by atoms with Gasteiger partial charge in [0.2, 0.25) is 0 Å². The summed E-state index contributed by atoms with van der Waals surface area (Å²) in [5.41, 5.74) is 0. The smallest absolute Gasteiger partial charge is 0.0345 e. The van der Waals surface area contributed by atoms with Crippen molar-refractivity contribution in [3.8, 4) is 0 Å². The highest BCUT2D eigenvalue weighted by Gasteiger charge is 1.62. The predicted octanol–water partition coefficient (Wildman–Crippen LogP) is 1.47. The van der Waals surface area contributed by atoms with Crippen LogP contribution in [0.5, 0.6) is 0 Å². The largest absolute Gasteiger partial charge is 0.0845 e. The average molecular weight is 67.1 g/mol. The zero-order valence-electron chi connectivity index (χ0n) is 3.15. The van der Waals surface area contributed by atoms with E-state index in [0.717, 1.165) is 6.42 Å². The van der Waals surface area contributed by atoms with E-state index in [-0.39, 0.29) is 0 Å². The molecule has 0 aromatic carbocycles. The summed E-state index contributed by atoms with van der Waals surface area (Å²) < 4.78 is 0. The summed E-state index contributed by atoms with van der Waals surface area (Å²) in [6.07, 6.45) is 3.04. The first-order chi connectivity index (χ1) is 2.41. The van der Waals surface area contributed by atoms with E-state index >= 15 is 0 Å². The van der Waals surface area contributed by atoms with Gasteiger partial charge in [-0.3, -0.25) is 0 Å². The fourth-order valence-electron chi connectivity index (χ4n) is 0.0962. The van der Waals surface area contributed by atoms with Crippen LogP contribution in [-0.4, -0.2) is 0 Å². The van der Waals surface area contributed by atoms with Crippen LogP contribution in [0.2, 0.25) is 0 Å². The Labute approximate surface area is 33.5 Å². The number of rotatable bonds is 2. The fourth-order valence-corrected chi connectivity index (χ4v) is 0.0962. The Kier molecular flexibility index (Phi) is 3.55. The molecule has 0 aliphatic rings. The summed E-state index contributed by atoms with van der Waals surface area (Å²) in [4.78, 5) is 0. The molecule has 0 aliphatic heterocycles. The molecule has 0 aromatic heterocycles. The van der Waals surface area contributed by atoms with Crippen molar-refractivity contribution in [2.24, 2.45) is 0 Å².